The lowest BCUT2D eigenvalue weighted by Crippen LogP contribution is -2.44. The highest BCUT2D eigenvalue weighted by Gasteiger charge is 2.31. The molecule has 3 heterocycles. The predicted molar refractivity (Wildman–Crippen MR) is 95.4 cm³/mol. The summed E-state index contributed by atoms with van der Waals surface area (Å²) in [7, 11) is 0. The van der Waals surface area contributed by atoms with E-state index >= 15 is 0 Å². The monoisotopic (exact) mass is 354 g/mol. The Bertz CT molecular complexity index is 822. The van der Waals surface area contributed by atoms with Crippen molar-refractivity contribution < 1.29 is 9.59 Å². The van der Waals surface area contributed by atoms with Gasteiger partial charge in [-0.1, -0.05) is 12.8 Å². The van der Waals surface area contributed by atoms with Crippen molar-refractivity contribution in [1.29, 1.82) is 0 Å². The third-order valence-electron chi connectivity index (χ3n) is 3.70. The van der Waals surface area contributed by atoms with Crippen LogP contribution >= 0.6 is 11.3 Å². The van der Waals surface area contributed by atoms with Gasteiger partial charge in [0.15, 0.2) is 0 Å². The summed E-state index contributed by atoms with van der Waals surface area (Å²) in [5.41, 5.74) is 1.21. The molecule has 128 valence electrons. The Morgan fingerprint density at radius 3 is 2.92 bits per heavy atom. The lowest BCUT2D eigenvalue weighted by atomic mass is 10.3. The van der Waals surface area contributed by atoms with Crippen molar-refractivity contribution in [3.05, 3.63) is 35.6 Å². The molecule has 2 amide bonds. The predicted octanol–water partition coefficient (Wildman–Crippen LogP) is 2.60. The minimum absolute atomic E-state index is 0.269. The summed E-state index contributed by atoms with van der Waals surface area (Å²) >= 11 is 1.39. The van der Waals surface area contributed by atoms with E-state index in [1.807, 2.05) is 19.1 Å². The third-order valence-corrected chi connectivity index (χ3v) is 4.59. The van der Waals surface area contributed by atoms with Crippen molar-refractivity contribution in [2.45, 2.75) is 26.2 Å². The van der Waals surface area contributed by atoms with Gasteiger partial charge in [-0.2, -0.15) is 0 Å². The minimum atomic E-state index is -0.331. The van der Waals surface area contributed by atoms with Crippen LogP contribution in [0.4, 0.5) is 0 Å². The largest absolute Gasteiger partial charge is 0.317 e. The molecule has 3 rings (SSSR count). The van der Waals surface area contributed by atoms with Crippen molar-refractivity contribution in [3.63, 3.8) is 0 Å². The maximum absolute atomic E-state index is 12.7. The first-order chi connectivity index (χ1) is 12.2. The maximum Gasteiger partial charge on any atom is 0.317 e. The number of thiazole rings is 1. The van der Waals surface area contributed by atoms with Crippen LogP contribution in [-0.2, 0) is 4.79 Å². The number of pyridine rings is 1. The molecule has 0 aliphatic carbocycles. The first-order valence-corrected chi connectivity index (χ1v) is 9.06. The number of hydrogen-bond acceptors (Lipinski definition) is 5. The Balaban J connectivity index is 1.75. The van der Waals surface area contributed by atoms with E-state index in [1.165, 1.54) is 21.4 Å². The molecule has 1 fully saturated rings. The second-order valence-corrected chi connectivity index (χ2v) is 6.40. The molecule has 0 N–H and O–H groups in total. The molecule has 0 radical (unpaired) electrons. The third kappa shape index (κ3) is 3.86. The molecule has 2 aromatic heterocycles. The van der Waals surface area contributed by atoms with E-state index in [0.29, 0.717) is 25.2 Å². The molecule has 0 aromatic carbocycles. The fraction of sp³-hybridized carbons (Fsp3) is 0.333. The van der Waals surface area contributed by atoms with Crippen LogP contribution in [0.15, 0.2) is 29.9 Å². The van der Waals surface area contributed by atoms with E-state index in [1.54, 1.807) is 17.8 Å². The molecule has 1 saturated heterocycles. The number of carbonyl (C=O) groups excluding carboxylic acids is 2. The zero-order valence-corrected chi connectivity index (χ0v) is 14.8. The molecule has 0 atom stereocenters. The summed E-state index contributed by atoms with van der Waals surface area (Å²) in [5, 5.41) is 5.32. The number of hydrazine groups is 1. The number of carbonyl (C=O) groups is 2. The number of nitrogens with zero attached hydrogens (tertiary/aromatic N) is 4. The zero-order valence-electron chi connectivity index (χ0n) is 13.9. The normalized spacial score (nSPS) is 13.5. The molecule has 0 bridgehead atoms. The number of aromatic nitrogens is 2. The van der Waals surface area contributed by atoms with Gasteiger partial charge in [-0.3, -0.25) is 14.6 Å². The van der Waals surface area contributed by atoms with Gasteiger partial charge in [-0.15, -0.1) is 11.3 Å². The van der Waals surface area contributed by atoms with E-state index in [0.717, 1.165) is 23.4 Å². The fourth-order valence-electron chi connectivity index (χ4n) is 2.49. The van der Waals surface area contributed by atoms with Gasteiger partial charge in [0, 0.05) is 42.8 Å². The lowest BCUT2D eigenvalue weighted by Gasteiger charge is -2.25. The second kappa shape index (κ2) is 7.90. The second-order valence-electron chi connectivity index (χ2n) is 5.54. The summed E-state index contributed by atoms with van der Waals surface area (Å²) < 4.78 is 0. The van der Waals surface area contributed by atoms with Crippen LogP contribution in [0.3, 0.4) is 0 Å². The Labute approximate surface area is 150 Å². The standard InChI is InChI=1S/C18H18N4O2S/c1-2-3-4-8-16(23)21-10-6-11-22(21)18(24)15-13-25-17(20-15)14-7-5-9-19-12-14/h5,7,9,12-13H,2-3,6,10-11H2,1H3. The minimum Gasteiger partial charge on any atom is -0.265 e. The van der Waals surface area contributed by atoms with Crippen molar-refractivity contribution in [1.82, 2.24) is 20.0 Å². The summed E-state index contributed by atoms with van der Waals surface area (Å²) in [6, 6.07) is 3.73. The first-order valence-electron chi connectivity index (χ1n) is 8.18. The van der Waals surface area contributed by atoms with Crippen LogP contribution in [0, 0.1) is 11.8 Å². The quantitative estimate of drug-likeness (QED) is 0.795. The van der Waals surface area contributed by atoms with Crippen molar-refractivity contribution in [2.75, 3.05) is 13.1 Å². The highest BCUT2D eigenvalue weighted by molar-refractivity contribution is 7.13. The van der Waals surface area contributed by atoms with Crippen LogP contribution < -0.4 is 0 Å². The average Bonchev–Trinajstić information content (AvgIpc) is 3.32. The Morgan fingerprint density at radius 2 is 2.16 bits per heavy atom. The van der Waals surface area contributed by atoms with Crippen LogP contribution in [0.1, 0.15) is 36.7 Å². The molecule has 6 nitrogen and oxygen atoms in total. The summed E-state index contributed by atoms with van der Waals surface area (Å²) in [6.45, 7) is 3.01. The van der Waals surface area contributed by atoms with E-state index in [9.17, 15) is 9.59 Å². The van der Waals surface area contributed by atoms with Crippen LogP contribution in [0.2, 0.25) is 0 Å². The summed E-state index contributed by atoms with van der Waals surface area (Å²) in [5.74, 6) is 4.85. The average molecular weight is 354 g/mol. The van der Waals surface area contributed by atoms with Gasteiger partial charge in [0.1, 0.15) is 10.7 Å². The Kier molecular flexibility index (Phi) is 5.41. The first kappa shape index (κ1) is 17.1. The molecule has 0 saturated carbocycles. The van der Waals surface area contributed by atoms with Gasteiger partial charge < -0.3 is 0 Å². The van der Waals surface area contributed by atoms with Gasteiger partial charge >= 0.3 is 5.91 Å². The van der Waals surface area contributed by atoms with E-state index in [-0.39, 0.29) is 11.8 Å². The molecule has 2 aromatic rings. The van der Waals surface area contributed by atoms with E-state index in [4.69, 9.17) is 0 Å². The molecule has 7 heteroatoms. The van der Waals surface area contributed by atoms with Crippen LogP contribution in [-0.4, -0.2) is 44.9 Å². The smallest absolute Gasteiger partial charge is 0.265 e. The maximum atomic E-state index is 12.7. The van der Waals surface area contributed by atoms with Crippen molar-refractivity contribution in [2.24, 2.45) is 0 Å². The Morgan fingerprint density at radius 1 is 1.32 bits per heavy atom. The Hall–Kier alpha value is -2.72. The highest BCUT2D eigenvalue weighted by atomic mass is 32.1. The number of hydrogen-bond donors (Lipinski definition) is 0. The summed E-state index contributed by atoms with van der Waals surface area (Å²) in [6.07, 6.45) is 5.72. The van der Waals surface area contributed by atoms with E-state index in [2.05, 4.69) is 21.8 Å². The zero-order chi connectivity index (χ0) is 17.6. The summed E-state index contributed by atoms with van der Waals surface area (Å²) in [4.78, 5) is 33.4. The van der Waals surface area contributed by atoms with E-state index < -0.39 is 0 Å². The molecule has 1 aliphatic rings. The highest BCUT2D eigenvalue weighted by Crippen LogP contribution is 2.24. The fourth-order valence-corrected chi connectivity index (χ4v) is 3.27. The van der Waals surface area contributed by atoms with Gasteiger partial charge in [0.2, 0.25) is 0 Å². The SMILES string of the molecule is CCCC#CC(=O)N1CCCN1C(=O)c1csc(-c2cccnc2)n1. The van der Waals surface area contributed by atoms with Crippen LogP contribution in [0.5, 0.6) is 0 Å². The number of rotatable bonds is 3. The van der Waals surface area contributed by atoms with Crippen molar-refractivity contribution in [3.8, 4) is 22.4 Å². The molecule has 0 unspecified atom stereocenters. The molecular weight excluding hydrogens is 336 g/mol. The molecule has 1 aliphatic heterocycles. The van der Waals surface area contributed by atoms with Gasteiger partial charge in [0.25, 0.3) is 5.91 Å². The molecule has 0 spiro atoms. The number of amides is 2. The van der Waals surface area contributed by atoms with Crippen LogP contribution in [0.25, 0.3) is 10.6 Å². The molecular formula is C18H18N4O2S. The van der Waals surface area contributed by atoms with Crippen molar-refractivity contribution >= 4 is 23.2 Å². The molecule has 25 heavy (non-hydrogen) atoms. The van der Waals surface area contributed by atoms with Gasteiger partial charge in [0.05, 0.1) is 0 Å². The van der Waals surface area contributed by atoms with Gasteiger partial charge in [-0.05, 0) is 30.9 Å². The topological polar surface area (TPSA) is 66.4 Å². The van der Waals surface area contributed by atoms with Gasteiger partial charge in [-0.25, -0.2) is 15.0 Å². The number of unbranched alkanes of at least 4 members (excludes halogenated alkanes) is 1. The lowest BCUT2D eigenvalue weighted by molar-refractivity contribution is -0.134.